The lowest BCUT2D eigenvalue weighted by atomic mass is 10.3. The molecule has 11 heteroatoms. The topological polar surface area (TPSA) is 117 Å². The van der Waals surface area contributed by atoms with E-state index in [2.05, 4.69) is 15.0 Å². The molecule has 0 saturated carbocycles. The van der Waals surface area contributed by atoms with Gasteiger partial charge in [0.15, 0.2) is 5.82 Å². The van der Waals surface area contributed by atoms with Crippen molar-refractivity contribution in [3.8, 4) is 0 Å². The van der Waals surface area contributed by atoms with Crippen molar-refractivity contribution in [1.29, 1.82) is 0 Å². The Labute approximate surface area is 173 Å². The van der Waals surface area contributed by atoms with Crippen LogP contribution in [-0.2, 0) is 14.6 Å². The van der Waals surface area contributed by atoms with Gasteiger partial charge in [-0.05, 0) is 19.1 Å². The van der Waals surface area contributed by atoms with Crippen molar-refractivity contribution in [2.45, 2.75) is 22.8 Å². The van der Waals surface area contributed by atoms with Gasteiger partial charge in [0.2, 0.25) is 15.8 Å². The van der Waals surface area contributed by atoms with E-state index in [1.54, 1.807) is 19.0 Å². The Morgan fingerprint density at radius 1 is 1.30 bits per heavy atom. The van der Waals surface area contributed by atoms with E-state index in [4.69, 9.17) is 10.5 Å². The predicted molar refractivity (Wildman–Crippen MR) is 112 cm³/mol. The summed E-state index contributed by atoms with van der Waals surface area (Å²) in [5.74, 6) is -0.113. The van der Waals surface area contributed by atoms with Crippen LogP contribution in [0.15, 0.2) is 34.1 Å². The number of nitrogen functional groups attached to an aromatic ring is 1. The minimum Gasteiger partial charge on any atom is -0.384 e. The number of hydrogen-bond donors (Lipinski definition) is 2. The minimum atomic E-state index is -4.27. The average molecular weight is 434 g/mol. The summed E-state index contributed by atoms with van der Waals surface area (Å²) in [6, 6.07) is 5.19. The van der Waals surface area contributed by atoms with Gasteiger partial charge in [-0.25, -0.2) is 17.8 Å². The molecule has 1 aliphatic rings. The van der Waals surface area contributed by atoms with Crippen molar-refractivity contribution in [3.05, 3.63) is 30.1 Å². The van der Waals surface area contributed by atoms with Crippen molar-refractivity contribution in [1.82, 2.24) is 15.0 Å². The number of nitrogens with zero attached hydrogens (tertiary/aromatic N) is 4. The second kappa shape index (κ2) is 7.40. The van der Waals surface area contributed by atoms with Crippen LogP contribution in [0.4, 0.5) is 22.0 Å². The number of fused-ring (bicyclic) bond motifs is 1. The van der Waals surface area contributed by atoms with Gasteiger partial charge in [0.05, 0.1) is 12.7 Å². The predicted octanol–water partition coefficient (Wildman–Crippen LogP) is 1.80. The number of anilines is 3. The number of hydrogen-bond acceptors (Lipinski definition) is 8. The third kappa shape index (κ3) is 3.33. The van der Waals surface area contributed by atoms with Gasteiger partial charge in [0.25, 0.3) is 0 Å². The first-order valence-electron chi connectivity index (χ1n) is 9.43. The second-order valence-electron chi connectivity index (χ2n) is 7.39. The van der Waals surface area contributed by atoms with E-state index in [0.29, 0.717) is 37.0 Å². The fourth-order valence-electron chi connectivity index (χ4n) is 3.52. The van der Waals surface area contributed by atoms with E-state index in [1.165, 1.54) is 18.2 Å². The maximum Gasteiger partial charge on any atom is 0.227 e. The van der Waals surface area contributed by atoms with Crippen molar-refractivity contribution in [2.24, 2.45) is 0 Å². The highest BCUT2D eigenvalue weighted by Gasteiger charge is 2.32. The van der Waals surface area contributed by atoms with Crippen LogP contribution in [0.5, 0.6) is 0 Å². The van der Waals surface area contributed by atoms with Gasteiger partial charge in [-0.3, -0.25) is 0 Å². The molecule has 3 aromatic rings. The number of halogens is 1. The molecule has 2 aromatic heterocycles. The molecule has 1 aromatic carbocycles. The number of benzene rings is 1. The molecule has 0 spiro atoms. The number of nitrogens with one attached hydrogen (secondary N) is 1. The highest BCUT2D eigenvalue weighted by molar-refractivity contribution is 7.92. The summed E-state index contributed by atoms with van der Waals surface area (Å²) in [4.78, 5) is 14.9. The van der Waals surface area contributed by atoms with Crippen LogP contribution in [0, 0.1) is 5.82 Å². The Morgan fingerprint density at radius 2 is 2.03 bits per heavy atom. The van der Waals surface area contributed by atoms with Crippen molar-refractivity contribution < 1.29 is 17.5 Å². The Bertz CT molecular complexity index is 1210. The second-order valence-corrected chi connectivity index (χ2v) is 9.25. The zero-order chi connectivity index (χ0) is 21.6. The maximum atomic E-state index is 14.3. The van der Waals surface area contributed by atoms with Crippen LogP contribution in [0.2, 0.25) is 0 Å². The summed E-state index contributed by atoms with van der Waals surface area (Å²) >= 11 is 0. The molecule has 9 nitrogen and oxygen atoms in total. The molecule has 1 aliphatic heterocycles. The highest BCUT2D eigenvalue weighted by atomic mass is 32.2. The normalized spacial score (nSPS) is 17.5. The molecule has 1 fully saturated rings. The number of aromatic amines is 1. The molecule has 0 amide bonds. The Hall–Kier alpha value is -2.92. The summed E-state index contributed by atoms with van der Waals surface area (Å²) in [6.45, 7) is 3.63. The van der Waals surface area contributed by atoms with Gasteiger partial charge < -0.3 is 25.3 Å². The van der Waals surface area contributed by atoms with Crippen LogP contribution in [-0.4, -0.2) is 63.3 Å². The molecule has 0 aliphatic carbocycles. The minimum absolute atomic E-state index is 0.0134. The zero-order valence-corrected chi connectivity index (χ0v) is 17.7. The lowest BCUT2D eigenvalue weighted by molar-refractivity contribution is 0.0530. The number of morpholine rings is 1. The fraction of sp³-hybridized carbons (Fsp3) is 0.368. The van der Waals surface area contributed by atoms with Crippen molar-refractivity contribution >= 4 is 38.5 Å². The van der Waals surface area contributed by atoms with E-state index in [1.807, 2.05) is 11.8 Å². The number of rotatable bonds is 4. The fourth-order valence-corrected chi connectivity index (χ4v) is 5.07. The zero-order valence-electron chi connectivity index (χ0n) is 16.9. The first kappa shape index (κ1) is 20.4. The Morgan fingerprint density at radius 3 is 2.70 bits per heavy atom. The molecule has 1 saturated heterocycles. The molecule has 1 unspecified atom stereocenters. The van der Waals surface area contributed by atoms with E-state index in [-0.39, 0.29) is 22.3 Å². The molecular weight excluding hydrogens is 411 g/mol. The Kier molecular flexibility index (Phi) is 5.02. The molecular formula is C19H23FN6O3S. The first-order valence-corrected chi connectivity index (χ1v) is 10.9. The number of nitrogens with two attached hydrogens (primary N) is 1. The standard InChI is InChI=1S/C19H23FN6O3S/c1-11-10-26(8-9-29-11)18-15-14(23-19(24-18)25(2)3)16(17(21)22-15)30(27,28)13-7-5-4-6-12(13)20/h4-7,11,22H,8-10,21H2,1-3H3. The summed E-state index contributed by atoms with van der Waals surface area (Å²) in [6.07, 6.45) is -0.0134. The third-order valence-electron chi connectivity index (χ3n) is 4.93. The molecule has 3 heterocycles. The average Bonchev–Trinajstić information content (AvgIpc) is 3.03. The SMILES string of the molecule is CC1CN(c2nc(N(C)C)nc3c(S(=O)(=O)c4ccccc4F)c(N)[nH]c23)CCO1. The quantitative estimate of drug-likeness (QED) is 0.638. The van der Waals surface area contributed by atoms with Crippen LogP contribution in [0.25, 0.3) is 11.0 Å². The molecule has 0 bridgehead atoms. The van der Waals surface area contributed by atoms with Crippen molar-refractivity contribution in [2.75, 3.05) is 49.3 Å². The number of sulfone groups is 1. The van der Waals surface area contributed by atoms with Crippen molar-refractivity contribution in [3.63, 3.8) is 0 Å². The van der Waals surface area contributed by atoms with Gasteiger partial charge in [0, 0.05) is 27.2 Å². The Balaban J connectivity index is 1.99. The summed E-state index contributed by atoms with van der Waals surface area (Å²) in [5.41, 5.74) is 6.62. The monoisotopic (exact) mass is 434 g/mol. The summed E-state index contributed by atoms with van der Waals surface area (Å²) < 4.78 is 46.6. The van der Waals surface area contributed by atoms with Gasteiger partial charge in [-0.15, -0.1) is 0 Å². The van der Waals surface area contributed by atoms with Crippen LogP contribution < -0.4 is 15.5 Å². The van der Waals surface area contributed by atoms with E-state index in [9.17, 15) is 12.8 Å². The van der Waals surface area contributed by atoms with E-state index < -0.39 is 20.5 Å². The highest BCUT2D eigenvalue weighted by Crippen LogP contribution is 2.37. The third-order valence-corrected chi connectivity index (χ3v) is 6.79. The summed E-state index contributed by atoms with van der Waals surface area (Å²) in [5, 5.41) is 0. The lowest BCUT2D eigenvalue weighted by Crippen LogP contribution is -2.41. The lowest BCUT2D eigenvalue weighted by Gasteiger charge is -2.32. The molecule has 0 radical (unpaired) electrons. The smallest absolute Gasteiger partial charge is 0.227 e. The van der Waals surface area contributed by atoms with E-state index in [0.717, 1.165) is 6.07 Å². The van der Waals surface area contributed by atoms with E-state index >= 15 is 0 Å². The number of aromatic nitrogens is 3. The molecule has 4 rings (SSSR count). The number of ether oxygens (including phenoxy) is 1. The molecule has 1 atom stereocenters. The van der Waals surface area contributed by atoms with Gasteiger partial charge in [-0.1, -0.05) is 12.1 Å². The summed E-state index contributed by atoms with van der Waals surface area (Å²) in [7, 11) is -0.752. The molecule has 160 valence electrons. The maximum absolute atomic E-state index is 14.3. The molecule has 3 N–H and O–H groups in total. The van der Waals surface area contributed by atoms with Gasteiger partial charge >= 0.3 is 0 Å². The van der Waals surface area contributed by atoms with Crippen LogP contribution in [0.1, 0.15) is 6.92 Å². The molecule has 30 heavy (non-hydrogen) atoms. The van der Waals surface area contributed by atoms with Gasteiger partial charge in [0.1, 0.15) is 32.5 Å². The number of H-pyrrole nitrogens is 1. The first-order chi connectivity index (χ1) is 14.2. The largest absolute Gasteiger partial charge is 0.384 e. The van der Waals surface area contributed by atoms with Gasteiger partial charge in [-0.2, -0.15) is 4.98 Å². The van der Waals surface area contributed by atoms with Crippen LogP contribution in [0.3, 0.4) is 0 Å². The van der Waals surface area contributed by atoms with Crippen LogP contribution >= 0.6 is 0 Å².